The third-order valence-electron chi connectivity index (χ3n) is 3.33. The van der Waals surface area contributed by atoms with E-state index in [4.69, 9.17) is 9.47 Å². The molecule has 0 saturated carbocycles. The molecule has 1 rings (SSSR count). The van der Waals surface area contributed by atoms with Gasteiger partial charge in [-0.2, -0.15) is 0 Å². The van der Waals surface area contributed by atoms with E-state index in [9.17, 15) is 14.4 Å². The number of unbranched alkanes of at least 4 members (excludes halogenated alkanes) is 1. The minimum absolute atomic E-state index is 0.305. The Balaban J connectivity index is 2.27. The van der Waals surface area contributed by atoms with Crippen LogP contribution in [0.2, 0.25) is 0 Å². The van der Waals surface area contributed by atoms with Gasteiger partial charge in [0.1, 0.15) is 5.75 Å². The fraction of sp³-hybridized carbons (Fsp3) is 0.471. The first kappa shape index (κ1) is 19.5. The van der Waals surface area contributed by atoms with Gasteiger partial charge in [-0.25, -0.2) is 9.59 Å². The van der Waals surface area contributed by atoms with Gasteiger partial charge in [-0.05, 0) is 37.5 Å². The quantitative estimate of drug-likeness (QED) is 0.558. The molecule has 0 bridgehead atoms. The Morgan fingerprint density at radius 2 is 1.88 bits per heavy atom. The summed E-state index contributed by atoms with van der Waals surface area (Å²) in [5.74, 6) is -0.784. The number of urea groups is 1. The number of ether oxygens (including phenoxy) is 2. The van der Waals surface area contributed by atoms with Crippen molar-refractivity contribution in [3.63, 3.8) is 0 Å². The Morgan fingerprint density at radius 3 is 2.58 bits per heavy atom. The molecule has 1 aromatic rings. The predicted molar refractivity (Wildman–Crippen MR) is 88.8 cm³/mol. The number of amides is 3. The van der Waals surface area contributed by atoms with Crippen LogP contribution in [-0.4, -0.2) is 37.7 Å². The van der Waals surface area contributed by atoms with E-state index in [1.807, 2.05) is 32.9 Å². The first-order valence-corrected chi connectivity index (χ1v) is 7.86. The summed E-state index contributed by atoms with van der Waals surface area (Å²) in [5, 5.41) is 4.60. The van der Waals surface area contributed by atoms with Crippen molar-refractivity contribution in [2.24, 2.45) is 0 Å². The molecule has 0 aliphatic carbocycles. The van der Waals surface area contributed by atoms with Crippen LogP contribution < -0.4 is 15.4 Å². The highest BCUT2D eigenvalue weighted by molar-refractivity contribution is 5.95. The van der Waals surface area contributed by atoms with Gasteiger partial charge in [-0.3, -0.25) is 10.1 Å². The zero-order chi connectivity index (χ0) is 17.9. The van der Waals surface area contributed by atoms with Gasteiger partial charge in [0.25, 0.3) is 5.91 Å². The Morgan fingerprint density at radius 1 is 1.12 bits per heavy atom. The molecule has 0 fully saturated rings. The highest BCUT2D eigenvalue weighted by Crippen LogP contribution is 2.20. The number of nitrogens with one attached hydrogen (secondary N) is 2. The molecule has 0 radical (unpaired) electrons. The van der Waals surface area contributed by atoms with Gasteiger partial charge >= 0.3 is 12.0 Å². The summed E-state index contributed by atoms with van der Waals surface area (Å²) < 4.78 is 10.1. The normalized spacial score (nSPS) is 9.96. The van der Waals surface area contributed by atoms with Crippen molar-refractivity contribution in [3.8, 4) is 5.75 Å². The summed E-state index contributed by atoms with van der Waals surface area (Å²) in [7, 11) is 0. The average molecular weight is 336 g/mol. The fourth-order valence-electron chi connectivity index (χ4n) is 1.79. The lowest BCUT2D eigenvalue weighted by Crippen LogP contribution is -2.41. The number of carbonyl (C=O) groups is 3. The number of hydrogen-bond donors (Lipinski definition) is 2. The maximum absolute atomic E-state index is 11.6. The smallest absolute Gasteiger partial charge is 0.344 e. The number of imide groups is 1. The van der Waals surface area contributed by atoms with Crippen LogP contribution in [0.3, 0.4) is 0 Å². The lowest BCUT2D eigenvalue weighted by molar-refractivity contribution is -0.150. The second kappa shape index (κ2) is 10.3. The molecule has 24 heavy (non-hydrogen) atoms. The first-order valence-electron chi connectivity index (χ1n) is 7.86. The molecule has 0 unspecified atom stereocenters. The fourth-order valence-corrected chi connectivity index (χ4v) is 1.79. The highest BCUT2D eigenvalue weighted by Gasteiger charge is 2.12. The molecule has 7 nitrogen and oxygen atoms in total. The standard InChI is InChI=1S/C17H24N2O5/c1-4-5-9-18-17(22)19-15(20)10-24-16(21)11-23-14-8-6-7-12(2)13(14)3/h6-8H,4-5,9-11H2,1-3H3,(H2,18,19,20,22). The second-order valence-corrected chi connectivity index (χ2v) is 5.31. The van der Waals surface area contributed by atoms with Gasteiger partial charge in [0.15, 0.2) is 13.2 Å². The van der Waals surface area contributed by atoms with Crippen LogP contribution in [0.1, 0.15) is 30.9 Å². The molecule has 0 saturated heterocycles. The topological polar surface area (TPSA) is 93.7 Å². The van der Waals surface area contributed by atoms with E-state index in [-0.39, 0.29) is 6.61 Å². The molecule has 0 atom stereocenters. The number of benzene rings is 1. The molecule has 0 aliphatic rings. The number of hydrogen-bond acceptors (Lipinski definition) is 5. The summed E-state index contributed by atoms with van der Waals surface area (Å²) in [6, 6.07) is 4.92. The molecule has 1 aromatic carbocycles. The molecule has 0 aromatic heterocycles. The lowest BCUT2D eigenvalue weighted by atomic mass is 10.1. The third-order valence-corrected chi connectivity index (χ3v) is 3.33. The van der Waals surface area contributed by atoms with Gasteiger partial charge in [-0.1, -0.05) is 25.5 Å². The lowest BCUT2D eigenvalue weighted by Gasteiger charge is -2.10. The van der Waals surface area contributed by atoms with Crippen molar-refractivity contribution in [1.29, 1.82) is 0 Å². The zero-order valence-corrected chi connectivity index (χ0v) is 14.3. The van der Waals surface area contributed by atoms with Gasteiger partial charge in [-0.15, -0.1) is 0 Å². The molecule has 0 spiro atoms. The molecular weight excluding hydrogens is 312 g/mol. The molecule has 0 aliphatic heterocycles. The molecule has 0 heterocycles. The SMILES string of the molecule is CCCCNC(=O)NC(=O)COC(=O)COc1cccc(C)c1C. The predicted octanol–water partition coefficient (Wildman–Crippen LogP) is 1.85. The largest absolute Gasteiger partial charge is 0.482 e. The van der Waals surface area contributed by atoms with Crippen LogP contribution in [0, 0.1) is 13.8 Å². The number of carbonyl (C=O) groups excluding carboxylic acids is 3. The van der Waals surface area contributed by atoms with Crippen LogP contribution in [0.15, 0.2) is 18.2 Å². The third kappa shape index (κ3) is 7.13. The van der Waals surface area contributed by atoms with Crippen LogP contribution in [0.5, 0.6) is 5.75 Å². The van der Waals surface area contributed by atoms with Crippen molar-refractivity contribution in [2.75, 3.05) is 19.8 Å². The van der Waals surface area contributed by atoms with Crippen molar-refractivity contribution in [2.45, 2.75) is 33.6 Å². The van der Waals surface area contributed by atoms with E-state index < -0.39 is 24.5 Å². The maximum Gasteiger partial charge on any atom is 0.344 e. The van der Waals surface area contributed by atoms with E-state index in [1.165, 1.54) is 0 Å². The number of rotatable bonds is 8. The Hall–Kier alpha value is -2.57. The highest BCUT2D eigenvalue weighted by atomic mass is 16.6. The van der Waals surface area contributed by atoms with Crippen LogP contribution in [-0.2, 0) is 14.3 Å². The maximum atomic E-state index is 11.6. The Bertz CT molecular complexity index is 586. The average Bonchev–Trinajstić information content (AvgIpc) is 2.54. The Kier molecular flexibility index (Phi) is 8.32. The van der Waals surface area contributed by atoms with Crippen LogP contribution in [0.25, 0.3) is 0 Å². The van der Waals surface area contributed by atoms with Gasteiger partial charge in [0.05, 0.1) is 0 Å². The van der Waals surface area contributed by atoms with Crippen molar-refractivity contribution in [3.05, 3.63) is 29.3 Å². The van der Waals surface area contributed by atoms with E-state index in [0.717, 1.165) is 24.0 Å². The van der Waals surface area contributed by atoms with Crippen molar-refractivity contribution < 1.29 is 23.9 Å². The summed E-state index contributed by atoms with van der Waals surface area (Å²) in [6.45, 7) is 5.47. The van der Waals surface area contributed by atoms with Crippen molar-refractivity contribution in [1.82, 2.24) is 10.6 Å². The first-order chi connectivity index (χ1) is 11.4. The van der Waals surface area contributed by atoms with E-state index in [2.05, 4.69) is 10.6 Å². The van der Waals surface area contributed by atoms with E-state index >= 15 is 0 Å². The monoisotopic (exact) mass is 336 g/mol. The summed E-state index contributed by atoms with van der Waals surface area (Å²) in [5.41, 5.74) is 1.99. The van der Waals surface area contributed by atoms with Gasteiger partial charge in [0, 0.05) is 6.54 Å². The van der Waals surface area contributed by atoms with Crippen molar-refractivity contribution >= 4 is 17.9 Å². The summed E-state index contributed by atoms with van der Waals surface area (Å²) >= 11 is 0. The number of esters is 1. The van der Waals surface area contributed by atoms with Crippen LogP contribution >= 0.6 is 0 Å². The minimum atomic E-state index is -0.691. The number of aryl methyl sites for hydroxylation is 1. The minimum Gasteiger partial charge on any atom is -0.482 e. The summed E-state index contributed by atoms with van der Waals surface area (Å²) in [4.78, 5) is 34.4. The zero-order valence-electron chi connectivity index (χ0n) is 14.3. The molecule has 2 N–H and O–H groups in total. The van der Waals surface area contributed by atoms with E-state index in [1.54, 1.807) is 6.07 Å². The molecule has 132 valence electrons. The van der Waals surface area contributed by atoms with E-state index in [0.29, 0.717) is 12.3 Å². The summed E-state index contributed by atoms with van der Waals surface area (Å²) in [6.07, 6.45) is 1.76. The molecule has 3 amide bonds. The molecule has 7 heteroatoms. The van der Waals surface area contributed by atoms with Crippen LogP contribution in [0.4, 0.5) is 4.79 Å². The molecular formula is C17H24N2O5. The Labute approximate surface area is 141 Å². The van der Waals surface area contributed by atoms with Gasteiger partial charge in [0.2, 0.25) is 0 Å². The second-order valence-electron chi connectivity index (χ2n) is 5.31. The van der Waals surface area contributed by atoms with Gasteiger partial charge < -0.3 is 14.8 Å².